The van der Waals surface area contributed by atoms with E-state index in [1.54, 1.807) is 0 Å². The van der Waals surface area contributed by atoms with Gasteiger partial charge >= 0.3 is 29.6 Å². The van der Waals surface area contributed by atoms with Gasteiger partial charge in [0.1, 0.15) is 0 Å². The largest absolute Gasteiger partial charge is 1.00 e. The maximum absolute atomic E-state index is 10.6. The van der Waals surface area contributed by atoms with E-state index in [0.29, 0.717) is 0 Å². The van der Waals surface area contributed by atoms with Crippen molar-refractivity contribution in [2.45, 2.75) is 18.1 Å². The van der Waals surface area contributed by atoms with Crippen molar-refractivity contribution in [3.63, 3.8) is 0 Å². The Hall–Kier alpha value is 0.830. The summed E-state index contributed by atoms with van der Waals surface area (Å²) in [4.78, 5) is 0. The number of nitrogens with two attached hydrogens (primary N) is 2. The molecule has 0 aliphatic carbocycles. The molecular formula is C5H15N2NaO3S. The first kappa shape index (κ1) is 15.3. The second-order valence-electron chi connectivity index (χ2n) is 2.29. The average molecular weight is 206 g/mol. The third-order valence-corrected chi connectivity index (χ3v) is 2.71. The zero-order valence-electron chi connectivity index (χ0n) is 8.23. The Kier molecular flexibility index (Phi) is 9.25. The van der Waals surface area contributed by atoms with Crippen LogP contribution >= 0.6 is 0 Å². The molecule has 70 valence electrons. The van der Waals surface area contributed by atoms with Gasteiger partial charge < -0.3 is 12.9 Å². The molecule has 0 aliphatic rings. The molecule has 0 fully saturated rings. The van der Waals surface area contributed by atoms with E-state index in [-0.39, 0.29) is 56.9 Å². The predicted molar refractivity (Wildman–Crippen MR) is 43.8 cm³/mol. The van der Waals surface area contributed by atoms with Crippen molar-refractivity contribution < 1.29 is 44.0 Å². The minimum atomic E-state index is -3.95. The van der Waals surface area contributed by atoms with Crippen LogP contribution in [0.2, 0.25) is 0 Å². The Bertz CT molecular complexity index is 194. The molecular weight excluding hydrogens is 191 g/mol. The fraction of sp³-hybridized carbons (Fsp3) is 1.00. The SMILES string of the molecule is NCCC(CCN)S(=O)(=O)O.[H-].[Na+]. The summed E-state index contributed by atoms with van der Waals surface area (Å²) < 4.78 is 29.7. The van der Waals surface area contributed by atoms with Crippen LogP contribution in [0.3, 0.4) is 0 Å². The summed E-state index contributed by atoms with van der Waals surface area (Å²) in [6.07, 6.45) is 0.520. The van der Waals surface area contributed by atoms with Crippen LogP contribution in [0.4, 0.5) is 0 Å². The molecule has 0 atom stereocenters. The number of hydrogen-bond acceptors (Lipinski definition) is 4. The van der Waals surface area contributed by atoms with Crippen molar-refractivity contribution in [1.82, 2.24) is 0 Å². The molecule has 0 aromatic rings. The summed E-state index contributed by atoms with van der Waals surface area (Å²) in [5, 5.41) is -0.794. The molecule has 0 unspecified atom stereocenters. The van der Waals surface area contributed by atoms with Crippen LogP contribution in [0.1, 0.15) is 14.3 Å². The first-order valence-corrected chi connectivity index (χ1v) is 4.89. The molecule has 12 heavy (non-hydrogen) atoms. The van der Waals surface area contributed by atoms with Gasteiger partial charge in [0.15, 0.2) is 0 Å². The van der Waals surface area contributed by atoms with Gasteiger partial charge in [0, 0.05) is 0 Å². The molecule has 0 saturated carbocycles. The predicted octanol–water partition coefficient (Wildman–Crippen LogP) is -3.94. The fourth-order valence-corrected chi connectivity index (χ4v) is 1.68. The Morgan fingerprint density at radius 1 is 1.25 bits per heavy atom. The van der Waals surface area contributed by atoms with E-state index in [4.69, 9.17) is 16.0 Å². The number of rotatable bonds is 5. The molecule has 0 radical (unpaired) electrons. The van der Waals surface area contributed by atoms with Gasteiger partial charge in [0.25, 0.3) is 10.1 Å². The van der Waals surface area contributed by atoms with Crippen LogP contribution in [-0.4, -0.2) is 31.3 Å². The van der Waals surface area contributed by atoms with E-state index >= 15 is 0 Å². The third kappa shape index (κ3) is 6.36. The van der Waals surface area contributed by atoms with Crippen molar-refractivity contribution in [3.8, 4) is 0 Å². The molecule has 0 aromatic carbocycles. The summed E-state index contributed by atoms with van der Waals surface area (Å²) >= 11 is 0. The van der Waals surface area contributed by atoms with E-state index < -0.39 is 15.4 Å². The van der Waals surface area contributed by atoms with Gasteiger partial charge in [-0.15, -0.1) is 0 Å². The maximum Gasteiger partial charge on any atom is 1.00 e. The monoisotopic (exact) mass is 206 g/mol. The van der Waals surface area contributed by atoms with E-state index in [2.05, 4.69) is 0 Å². The van der Waals surface area contributed by atoms with Crippen molar-refractivity contribution in [1.29, 1.82) is 0 Å². The molecule has 0 aromatic heterocycles. The van der Waals surface area contributed by atoms with Crippen LogP contribution < -0.4 is 41.0 Å². The second-order valence-corrected chi connectivity index (χ2v) is 3.99. The summed E-state index contributed by atoms with van der Waals surface area (Å²) in [7, 11) is -3.95. The Morgan fingerprint density at radius 3 is 1.75 bits per heavy atom. The van der Waals surface area contributed by atoms with Gasteiger partial charge in [-0.25, -0.2) is 0 Å². The average Bonchev–Trinajstić information content (AvgIpc) is 1.85. The molecule has 0 aliphatic heterocycles. The maximum atomic E-state index is 10.6. The quantitative estimate of drug-likeness (QED) is 0.314. The van der Waals surface area contributed by atoms with E-state index in [9.17, 15) is 8.42 Å². The normalized spacial score (nSPS) is 11.3. The van der Waals surface area contributed by atoms with Gasteiger partial charge in [-0.2, -0.15) is 8.42 Å². The minimum absolute atomic E-state index is 0. The van der Waals surface area contributed by atoms with Crippen LogP contribution in [0, 0.1) is 0 Å². The third-order valence-electron chi connectivity index (χ3n) is 1.40. The van der Waals surface area contributed by atoms with Crippen molar-refractivity contribution >= 4 is 10.1 Å². The molecule has 7 heteroatoms. The van der Waals surface area contributed by atoms with Gasteiger partial charge in [-0.1, -0.05) is 0 Å². The molecule has 0 bridgehead atoms. The number of hydrogen-bond donors (Lipinski definition) is 3. The second kappa shape index (κ2) is 7.25. The van der Waals surface area contributed by atoms with Crippen LogP contribution in [0.15, 0.2) is 0 Å². The Morgan fingerprint density at radius 2 is 1.58 bits per heavy atom. The van der Waals surface area contributed by atoms with Crippen molar-refractivity contribution in [2.75, 3.05) is 13.1 Å². The Balaban J connectivity index is -0.000000500. The molecule has 0 saturated heterocycles. The summed E-state index contributed by atoms with van der Waals surface area (Å²) in [6.45, 7) is 0.481. The molecule has 0 spiro atoms. The molecule has 0 rings (SSSR count). The summed E-state index contributed by atoms with van der Waals surface area (Å²) in [6, 6.07) is 0. The first-order chi connectivity index (χ1) is 5.02. The minimum Gasteiger partial charge on any atom is -1.00 e. The van der Waals surface area contributed by atoms with Crippen LogP contribution in [-0.2, 0) is 10.1 Å². The smallest absolute Gasteiger partial charge is 1.00 e. The van der Waals surface area contributed by atoms with Gasteiger partial charge in [-0.05, 0) is 25.9 Å². The molecule has 5 N–H and O–H groups in total. The zero-order chi connectivity index (χ0) is 8.91. The van der Waals surface area contributed by atoms with Gasteiger partial charge in [0.2, 0.25) is 0 Å². The standard InChI is InChI=1S/C5H14N2O3S.Na.H/c6-3-1-5(2-4-7)11(8,9)10;;/h5H,1-4,6-7H2,(H,8,9,10);;/q;+1;-1. The molecule has 0 heterocycles. The van der Waals surface area contributed by atoms with Gasteiger partial charge in [0.05, 0.1) is 5.25 Å². The van der Waals surface area contributed by atoms with Crippen molar-refractivity contribution in [3.05, 3.63) is 0 Å². The van der Waals surface area contributed by atoms with E-state index in [1.807, 2.05) is 0 Å². The van der Waals surface area contributed by atoms with Crippen LogP contribution in [0.5, 0.6) is 0 Å². The topological polar surface area (TPSA) is 106 Å². The molecule has 0 amide bonds. The van der Waals surface area contributed by atoms with Gasteiger partial charge in [-0.3, -0.25) is 4.55 Å². The van der Waals surface area contributed by atoms with Crippen molar-refractivity contribution in [2.24, 2.45) is 11.5 Å². The summed E-state index contributed by atoms with van der Waals surface area (Å²) in [5.41, 5.74) is 10.3. The first-order valence-electron chi connectivity index (χ1n) is 3.38. The zero-order valence-corrected chi connectivity index (χ0v) is 10.0. The fourth-order valence-electron chi connectivity index (χ4n) is 0.814. The molecule has 5 nitrogen and oxygen atoms in total. The Labute approximate surface area is 96.4 Å². The summed E-state index contributed by atoms with van der Waals surface area (Å²) in [5.74, 6) is 0. The van der Waals surface area contributed by atoms with Crippen LogP contribution in [0.25, 0.3) is 0 Å². The van der Waals surface area contributed by atoms with E-state index in [1.165, 1.54) is 0 Å². The van der Waals surface area contributed by atoms with E-state index in [0.717, 1.165) is 0 Å².